The Balaban J connectivity index is 1.36. The van der Waals surface area contributed by atoms with E-state index < -0.39 is 0 Å². The zero-order valence-corrected chi connectivity index (χ0v) is 19.0. The van der Waals surface area contributed by atoms with Crippen LogP contribution in [0.15, 0.2) is 24.4 Å². The quantitative estimate of drug-likeness (QED) is 0.611. The molecule has 9 heteroatoms. The Kier molecular flexibility index (Phi) is 5.70. The van der Waals surface area contributed by atoms with Gasteiger partial charge in [0.15, 0.2) is 0 Å². The fraction of sp³-hybridized carbons (Fsp3) is 0.455. The molecule has 3 aromatic rings. The Bertz CT molecular complexity index is 1110. The summed E-state index contributed by atoms with van der Waals surface area (Å²) in [5.74, 6) is 0.251. The third-order valence-corrected chi connectivity index (χ3v) is 6.77. The molecule has 1 fully saturated rings. The van der Waals surface area contributed by atoms with Gasteiger partial charge in [0.1, 0.15) is 10.8 Å². The second kappa shape index (κ2) is 8.30. The van der Waals surface area contributed by atoms with E-state index in [0.717, 1.165) is 27.2 Å². The molecule has 164 valence electrons. The lowest BCUT2D eigenvalue weighted by Crippen LogP contribution is -2.30. The molecule has 1 aliphatic rings. The normalized spacial score (nSPS) is 16.8. The molecule has 2 aromatic heterocycles. The molecule has 1 unspecified atom stereocenters. The minimum atomic E-state index is -0.377. The van der Waals surface area contributed by atoms with Crippen LogP contribution in [0.5, 0.6) is 5.75 Å². The fourth-order valence-electron chi connectivity index (χ4n) is 3.69. The Morgan fingerprint density at radius 1 is 1.35 bits per heavy atom. The summed E-state index contributed by atoms with van der Waals surface area (Å²) < 4.78 is 5.32. The number of aromatic nitrogens is 3. The van der Waals surface area contributed by atoms with E-state index in [1.165, 1.54) is 11.3 Å². The number of likely N-dealkylation sites (tertiary alicyclic amines) is 1. The van der Waals surface area contributed by atoms with Crippen LogP contribution in [0.25, 0.3) is 10.9 Å². The van der Waals surface area contributed by atoms with Crippen LogP contribution in [0.2, 0.25) is 0 Å². The molecule has 1 aromatic carbocycles. The molecular weight excluding hydrogens is 414 g/mol. The Morgan fingerprint density at radius 3 is 2.87 bits per heavy atom. The van der Waals surface area contributed by atoms with E-state index in [9.17, 15) is 9.59 Å². The highest BCUT2D eigenvalue weighted by molar-refractivity contribution is 7.15. The number of hydrogen-bond donors (Lipinski definition) is 2. The van der Waals surface area contributed by atoms with Crippen molar-refractivity contribution in [2.75, 3.05) is 25.5 Å². The van der Waals surface area contributed by atoms with E-state index in [1.807, 2.05) is 24.4 Å². The number of carbonyl (C=O) groups excluding carboxylic acids is 2. The van der Waals surface area contributed by atoms with Crippen molar-refractivity contribution < 1.29 is 14.3 Å². The molecule has 0 spiro atoms. The van der Waals surface area contributed by atoms with Gasteiger partial charge in [-0.1, -0.05) is 32.1 Å². The van der Waals surface area contributed by atoms with E-state index in [1.54, 1.807) is 12.0 Å². The molecule has 0 bridgehead atoms. The average molecular weight is 442 g/mol. The number of benzene rings is 1. The van der Waals surface area contributed by atoms with Crippen LogP contribution in [0, 0.1) is 5.92 Å². The molecule has 1 atom stereocenters. The summed E-state index contributed by atoms with van der Waals surface area (Å²) in [5, 5.41) is 13.5. The third kappa shape index (κ3) is 4.56. The van der Waals surface area contributed by atoms with Crippen LogP contribution < -0.4 is 10.1 Å². The van der Waals surface area contributed by atoms with Crippen LogP contribution in [-0.2, 0) is 21.4 Å². The zero-order chi connectivity index (χ0) is 22.2. The number of rotatable bonds is 6. The molecule has 31 heavy (non-hydrogen) atoms. The van der Waals surface area contributed by atoms with Gasteiger partial charge in [-0.2, -0.15) is 0 Å². The minimum absolute atomic E-state index is 0.00483. The smallest absolute Gasteiger partial charge is 0.231 e. The highest BCUT2D eigenvalue weighted by Crippen LogP contribution is 2.29. The molecule has 0 saturated carbocycles. The molecule has 1 aliphatic heterocycles. The number of hydrogen-bond acceptors (Lipinski definition) is 6. The number of aromatic amines is 1. The van der Waals surface area contributed by atoms with Gasteiger partial charge in [0, 0.05) is 42.0 Å². The van der Waals surface area contributed by atoms with E-state index in [0.29, 0.717) is 24.6 Å². The maximum atomic E-state index is 12.7. The summed E-state index contributed by atoms with van der Waals surface area (Å²) in [7, 11) is 1.65. The largest absolute Gasteiger partial charge is 0.497 e. The standard InChI is InChI=1S/C22H27N5O3S/c1-22(2,3)20-25-26-21(31-20)24-19(29)14-9-18(28)27(12-14)8-7-13-11-23-17-6-5-15(30-4)10-16(13)17/h5-6,10-11,14,23H,7-9,12H2,1-4H3,(H,24,26,29). The predicted molar refractivity (Wildman–Crippen MR) is 120 cm³/mol. The van der Waals surface area contributed by atoms with Gasteiger partial charge >= 0.3 is 0 Å². The van der Waals surface area contributed by atoms with Crippen LogP contribution in [0.4, 0.5) is 5.13 Å². The maximum Gasteiger partial charge on any atom is 0.231 e. The lowest BCUT2D eigenvalue weighted by molar-refractivity contribution is -0.128. The first-order valence-electron chi connectivity index (χ1n) is 10.3. The maximum absolute atomic E-state index is 12.7. The first-order chi connectivity index (χ1) is 14.7. The Morgan fingerprint density at radius 2 is 2.16 bits per heavy atom. The van der Waals surface area contributed by atoms with Crippen molar-refractivity contribution in [1.82, 2.24) is 20.1 Å². The summed E-state index contributed by atoms with van der Waals surface area (Å²) in [6, 6.07) is 5.90. The Hall–Kier alpha value is -2.94. The minimum Gasteiger partial charge on any atom is -0.497 e. The summed E-state index contributed by atoms with van der Waals surface area (Å²) in [6.45, 7) is 7.14. The van der Waals surface area contributed by atoms with Crippen molar-refractivity contribution in [2.45, 2.75) is 39.0 Å². The predicted octanol–water partition coefficient (Wildman–Crippen LogP) is 3.36. The van der Waals surface area contributed by atoms with Crippen molar-refractivity contribution in [3.05, 3.63) is 35.0 Å². The topological polar surface area (TPSA) is 100 Å². The van der Waals surface area contributed by atoms with Gasteiger partial charge in [-0.3, -0.25) is 9.59 Å². The molecule has 0 radical (unpaired) electrons. The van der Waals surface area contributed by atoms with Crippen molar-refractivity contribution in [1.29, 1.82) is 0 Å². The zero-order valence-electron chi connectivity index (χ0n) is 18.2. The number of anilines is 1. The molecule has 8 nitrogen and oxygen atoms in total. The van der Waals surface area contributed by atoms with Crippen LogP contribution in [0.3, 0.4) is 0 Å². The van der Waals surface area contributed by atoms with Gasteiger partial charge in [-0.25, -0.2) is 0 Å². The SMILES string of the molecule is COc1ccc2[nH]cc(CCN3CC(C(=O)Nc4nnc(C(C)(C)C)s4)CC3=O)c2c1. The number of H-pyrrole nitrogens is 1. The van der Waals surface area contributed by atoms with E-state index in [4.69, 9.17) is 4.74 Å². The highest BCUT2D eigenvalue weighted by Gasteiger charge is 2.34. The monoisotopic (exact) mass is 441 g/mol. The van der Waals surface area contributed by atoms with E-state index in [-0.39, 0.29) is 29.6 Å². The first-order valence-corrected chi connectivity index (χ1v) is 11.1. The van der Waals surface area contributed by atoms with Crippen LogP contribution in [-0.4, -0.2) is 52.1 Å². The van der Waals surface area contributed by atoms with Gasteiger partial charge < -0.3 is 19.9 Å². The first kappa shape index (κ1) is 21.3. The average Bonchev–Trinajstić information content (AvgIpc) is 3.44. The number of ether oxygens (including phenoxy) is 1. The van der Waals surface area contributed by atoms with Crippen LogP contribution >= 0.6 is 11.3 Å². The number of fused-ring (bicyclic) bond motifs is 1. The lowest BCUT2D eigenvalue weighted by Gasteiger charge is -2.16. The number of carbonyl (C=O) groups is 2. The second-order valence-corrected chi connectivity index (χ2v) is 9.85. The van der Waals surface area contributed by atoms with Crippen LogP contribution in [0.1, 0.15) is 37.8 Å². The molecular formula is C22H27N5O3S. The molecule has 3 heterocycles. The molecule has 2 N–H and O–H groups in total. The molecule has 0 aliphatic carbocycles. The van der Waals surface area contributed by atoms with Crippen molar-refractivity contribution in [2.24, 2.45) is 5.92 Å². The number of amides is 2. The summed E-state index contributed by atoms with van der Waals surface area (Å²) >= 11 is 1.37. The van der Waals surface area contributed by atoms with Crippen molar-refractivity contribution in [3.8, 4) is 5.75 Å². The Labute approximate surface area is 185 Å². The second-order valence-electron chi connectivity index (χ2n) is 8.87. The van der Waals surface area contributed by atoms with Gasteiger partial charge in [0.25, 0.3) is 0 Å². The number of methoxy groups -OCH3 is 1. The highest BCUT2D eigenvalue weighted by atomic mass is 32.1. The fourth-order valence-corrected chi connectivity index (χ4v) is 4.50. The molecule has 4 rings (SSSR count). The number of nitrogens with zero attached hydrogens (tertiary/aromatic N) is 3. The van der Waals surface area contributed by atoms with Gasteiger partial charge in [0.05, 0.1) is 13.0 Å². The van der Waals surface area contributed by atoms with Crippen molar-refractivity contribution >= 4 is 39.2 Å². The van der Waals surface area contributed by atoms with Gasteiger partial charge in [-0.15, -0.1) is 10.2 Å². The molecule has 1 saturated heterocycles. The third-order valence-electron chi connectivity index (χ3n) is 5.51. The van der Waals surface area contributed by atoms with Crippen molar-refractivity contribution in [3.63, 3.8) is 0 Å². The van der Waals surface area contributed by atoms with Gasteiger partial charge in [0.2, 0.25) is 16.9 Å². The molecule has 2 amide bonds. The van der Waals surface area contributed by atoms with E-state index >= 15 is 0 Å². The van der Waals surface area contributed by atoms with Gasteiger partial charge in [-0.05, 0) is 30.2 Å². The van der Waals surface area contributed by atoms with E-state index in [2.05, 4.69) is 41.3 Å². The lowest BCUT2D eigenvalue weighted by atomic mass is 9.98. The summed E-state index contributed by atoms with van der Waals surface area (Å²) in [4.78, 5) is 30.2. The summed E-state index contributed by atoms with van der Waals surface area (Å²) in [5.41, 5.74) is 2.04. The summed E-state index contributed by atoms with van der Waals surface area (Å²) in [6.07, 6.45) is 2.90. The number of nitrogens with one attached hydrogen (secondary N) is 2.